The summed E-state index contributed by atoms with van der Waals surface area (Å²) in [4.78, 5) is 14.1. The summed E-state index contributed by atoms with van der Waals surface area (Å²) in [7, 11) is 0. The summed E-state index contributed by atoms with van der Waals surface area (Å²) in [6.45, 7) is 6.96. The van der Waals surface area contributed by atoms with Crippen LogP contribution in [-0.2, 0) is 4.79 Å². The van der Waals surface area contributed by atoms with E-state index in [0.717, 1.165) is 11.4 Å². The van der Waals surface area contributed by atoms with Crippen LogP contribution in [0, 0.1) is 0 Å². The van der Waals surface area contributed by atoms with Crippen molar-refractivity contribution in [3.05, 3.63) is 18.2 Å². The number of piperazine rings is 1. The third-order valence-electron chi connectivity index (χ3n) is 3.46. The number of benzene rings is 1. The molecule has 0 bridgehead atoms. The van der Waals surface area contributed by atoms with Crippen LogP contribution in [0.5, 0.6) is 11.5 Å². The number of rotatable bonds is 1. The molecule has 0 saturated carbocycles. The van der Waals surface area contributed by atoms with Gasteiger partial charge in [-0.3, -0.25) is 10.1 Å². The van der Waals surface area contributed by atoms with Crippen LogP contribution in [0.25, 0.3) is 0 Å². The molecule has 1 unspecified atom stereocenters. The van der Waals surface area contributed by atoms with E-state index in [4.69, 9.17) is 9.47 Å². The van der Waals surface area contributed by atoms with Crippen LogP contribution in [0.1, 0.15) is 20.8 Å². The number of carbonyl (C=O) groups is 1. The lowest BCUT2D eigenvalue weighted by Gasteiger charge is -2.42. The molecular weight excluding hydrogens is 244 g/mol. The van der Waals surface area contributed by atoms with Crippen molar-refractivity contribution in [3.8, 4) is 11.5 Å². The monoisotopic (exact) mass is 262 g/mol. The third-order valence-corrected chi connectivity index (χ3v) is 3.46. The number of hydrogen-bond donors (Lipinski definition) is 1. The highest BCUT2D eigenvalue weighted by atomic mass is 16.7. The Bertz CT molecular complexity index is 527. The Morgan fingerprint density at radius 1 is 1.32 bits per heavy atom. The van der Waals surface area contributed by atoms with E-state index < -0.39 is 0 Å². The largest absolute Gasteiger partial charge is 0.454 e. The van der Waals surface area contributed by atoms with Gasteiger partial charge < -0.3 is 14.4 Å². The predicted molar refractivity (Wildman–Crippen MR) is 71.6 cm³/mol. The summed E-state index contributed by atoms with van der Waals surface area (Å²) in [6, 6.07) is 5.44. The van der Waals surface area contributed by atoms with E-state index in [1.165, 1.54) is 0 Å². The highest BCUT2D eigenvalue weighted by Gasteiger charge is 2.36. The molecule has 3 rings (SSSR count). The van der Waals surface area contributed by atoms with Gasteiger partial charge in [-0.15, -0.1) is 0 Å². The van der Waals surface area contributed by atoms with Gasteiger partial charge in [-0.05, 0) is 32.9 Å². The molecule has 1 fully saturated rings. The van der Waals surface area contributed by atoms with E-state index in [1.807, 2.05) is 30.0 Å². The molecule has 0 spiro atoms. The van der Waals surface area contributed by atoms with Crippen LogP contribution in [0.4, 0.5) is 5.69 Å². The number of amides is 1. The molecule has 1 saturated heterocycles. The summed E-state index contributed by atoms with van der Waals surface area (Å²) in [5, 5.41) is 3.31. The Hall–Kier alpha value is -1.75. The second-order valence-corrected chi connectivity index (χ2v) is 5.71. The lowest BCUT2D eigenvalue weighted by molar-refractivity contribution is -0.122. The maximum absolute atomic E-state index is 12.3. The van der Waals surface area contributed by atoms with Gasteiger partial charge in [-0.1, -0.05) is 0 Å². The van der Waals surface area contributed by atoms with Gasteiger partial charge in [0.25, 0.3) is 0 Å². The van der Waals surface area contributed by atoms with E-state index in [-0.39, 0.29) is 24.3 Å². The maximum Gasteiger partial charge on any atom is 0.243 e. The fourth-order valence-corrected chi connectivity index (χ4v) is 2.67. The second-order valence-electron chi connectivity index (χ2n) is 5.71. The van der Waals surface area contributed by atoms with Gasteiger partial charge in [-0.25, -0.2) is 0 Å². The molecule has 1 atom stereocenters. The molecule has 1 aromatic rings. The molecule has 0 aliphatic carbocycles. The first-order chi connectivity index (χ1) is 8.96. The predicted octanol–water partition coefficient (Wildman–Crippen LogP) is 1.52. The fraction of sp³-hybridized carbons (Fsp3) is 0.500. The fourth-order valence-electron chi connectivity index (χ4n) is 2.67. The zero-order valence-corrected chi connectivity index (χ0v) is 11.4. The lowest BCUT2D eigenvalue weighted by Crippen LogP contribution is -2.64. The van der Waals surface area contributed by atoms with E-state index in [9.17, 15) is 4.79 Å². The first-order valence-electron chi connectivity index (χ1n) is 6.45. The van der Waals surface area contributed by atoms with Crippen LogP contribution >= 0.6 is 0 Å². The first-order valence-corrected chi connectivity index (χ1v) is 6.45. The molecule has 2 aliphatic rings. The van der Waals surface area contributed by atoms with Crippen LogP contribution in [0.3, 0.4) is 0 Å². The standard InChI is InChI=1S/C14H18N2O3/c1-9-13(17)16(7-14(2,3)15-9)10-4-5-11-12(6-10)19-8-18-11/h4-6,9,15H,7-8H2,1-3H3. The van der Waals surface area contributed by atoms with Crippen molar-refractivity contribution in [3.63, 3.8) is 0 Å². The molecule has 0 aromatic heterocycles. The van der Waals surface area contributed by atoms with Crippen molar-refractivity contribution >= 4 is 11.6 Å². The van der Waals surface area contributed by atoms with Crippen LogP contribution in [-0.4, -0.2) is 30.8 Å². The van der Waals surface area contributed by atoms with Gasteiger partial charge in [0.15, 0.2) is 11.5 Å². The lowest BCUT2D eigenvalue weighted by atomic mass is 9.98. The third kappa shape index (κ3) is 2.14. The minimum Gasteiger partial charge on any atom is -0.454 e. The van der Waals surface area contributed by atoms with E-state index >= 15 is 0 Å². The Labute approximate surface area is 112 Å². The van der Waals surface area contributed by atoms with Crippen molar-refractivity contribution in [1.82, 2.24) is 5.32 Å². The zero-order valence-electron chi connectivity index (χ0n) is 11.4. The molecule has 1 amide bonds. The number of carbonyl (C=O) groups excluding carboxylic acids is 1. The first kappa shape index (κ1) is 12.3. The second kappa shape index (κ2) is 4.13. The van der Waals surface area contributed by atoms with Gasteiger partial charge >= 0.3 is 0 Å². The molecule has 5 nitrogen and oxygen atoms in total. The Kier molecular flexibility index (Phi) is 2.67. The number of hydrogen-bond acceptors (Lipinski definition) is 4. The van der Waals surface area contributed by atoms with E-state index in [0.29, 0.717) is 12.3 Å². The summed E-state index contributed by atoms with van der Waals surface area (Å²) in [5.41, 5.74) is 0.750. The smallest absolute Gasteiger partial charge is 0.243 e. The van der Waals surface area contributed by atoms with E-state index in [1.54, 1.807) is 0 Å². The van der Waals surface area contributed by atoms with Crippen molar-refractivity contribution in [1.29, 1.82) is 0 Å². The highest BCUT2D eigenvalue weighted by Crippen LogP contribution is 2.36. The summed E-state index contributed by atoms with van der Waals surface area (Å²) >= 11 is 0. The minimum atomic E-state index is -0.186. The quantitative estimate of drug-likeness (QED) is 0.833. The Balaban J connectivity index is 1.94. The molecular formula is C14H18N2O3. The average molecular weight is 262 g/mol. The zero-order chi connectivity index (χ0) is 13.6. The maximum atomic E-state index is 12.3. The summed E-state index contributed by atoms with van der Waals surface area (Å²) < 4.78 is 10.7. The molecule has 2 aliphatic heterocycles. The van der Waals surface area contributed by atoms with Gasteiger partial charge in [0.2, 0.25) is 12.7 Å². The molecule has 102 valence electrons. The number of nitrogens with zero attached hydrogens (tertiary/aromatic N) is 1. The molecule has 5 heteroatoms. The van der Waals surface area contributed by atoms with E-state index in [2.05, 4.69) is 19.2 Å². The summed E-state index contributed by atoms with van der Waals surface area (Å²) in [6.07, 6.45) is 0. The van der Waals surface area contributed by atoms with Crippen molar-refractivity contribution in [2.45, 2.75) is 32.4 Å². The van der Waals surface area contributed by atoms with Crippen molar-refractivity contribution < 1.29 is 14.3 Å². The molecule has 1 aromatic carbocycles. The van der Waals surface area contributed by atoms with Crippen LogP contribution in [0.15, 0.2) is 18.2 Å². The van der Waals surface area contributed by atoms with Crippen LogP contribution in [0.2, 0.25) is 0 Å². The van der Waals surface area contributed by atoms with Gasteiger partial charge in [0.05, 0.1) is 6.04 Å². The van der Waals surface area contributed by atoms with Gasteiger partial charge in [-0.2, -0.15) is 0 Å². The Morgan fingerprint density at radius 2 is 2.05 bits per heavy atom. The normalized spacial score (nSPS) is 24.7. The number of ether oxygens (including phenoxy) is 2. The molecule has 2 heterocycles. The average Bonchev–Trinajstić information content (AvgIpc) is 2.80. The number of nitrogens with one attached hydrogen (secondary N) is 1. The van der Waals surface area contributed by atoms with Crippen molar-refractivity contribution in [2.24, 2.45) is 0 Å². The molecule has 19 heavy (non-hydrogen) atoms. The minimum absolute atomic E-state index is 0.0817. The Morgan fingerprint density at radius 3 is 2.84 bits per heavy atom. The molecule has 0 radical (unpaired) electrons. The van der Waals surface area contributed by atoms with Crippen molar-refractivity contribution in [2.75, 3.05) is 18.2 Å². The van der Waals surface area contributed by atoms with Gasteiger partial charge in [0, 0.05) is 23.8 Å². The number of fused-ring (bicyclic) bond motifs is 1. The summed E-state index contributed by atoms with van der Waals surface area (Å²) in [5.74, 6) is 1.52. The van der Waals surface area contributed by atoms with Gasteiger partial charge in [0.1, 0.15) is 0 Å². The SMILES string of the molecule is CC1NC(C)(C)CN(c2ccc3c(c2)OCO3)C1=O. The number of anilines is 1. The topological polar surface area (TPSA) is 50.8 Å². The highest BCUT2D eigenvalue weighted by molar-refractivity contribution is 5.98. The molecule has 1 N–H and O–H groups in total. The van der Waals surface area contributed by atoms with Crippen LogP contribution < -0.4 is 19.7 Å².